The molecule has 0 bridgehead atoms. The maximum atomic E-state index is 10.4. The summed E-state index contributed by atoms with van der Waals surface area (Å²) >= 11 is 0. The van der Waals surface area contributed by atoms with E-state index >= 15 is 0 Å². The van der Waals surface area contributed by atoms with Crippen LogP contribution in [0.4, 0.5) is 5.82 Å². The van der Waals surface area contributed by atoms with E-state index in [1.165, 1.54) is 12.8 Å². The van der Waals surface area contributed by atoms with Crippen LogP contribution in [0, 0.1) is 5.92 Å². The number of hydrogen-bond donors (Lipinski definition) is 2. The maximum Gasteiger partial charge on any atom is 0.358 e. The van der Waals surface area contributed by atoms with Crippen LogP contribution >= 0.6 is 0 Å². The number of aromatic nitrogens is 2. The lowest BCUT2D eigenvalue weighted by Gasteiger charge is -1.97. The molecule has 0 unspecified atom stereocenters. The highest BCUT2D eigenvalue weighted by Gasteiger charge is 2.21. The summed E-state index contributed by atoms with van der Waals surface area (Å²) in [5.41, 5.74) is 0. The molecule has 7 heteroatoms. The third kappa shape index (κ3) is 2.71. The van der Waals surface area contributed by atoms with Crippen molar-refractivity contribution >= 4 is 16.1 Å². The first-order chi connectivity index (χ1) is 6.53. The molecule has 2 N–H and O–H groups in total. The van der Waals surface area contributed by atoms with E-state index in [-0.39, 0.29) is 5.82 Å². The van der Waals surface area contributed by atoms with Gasteiger partial charge in [0.05, 0.1) is 6.33 Å². The van der Waals surface area contributed by atoms with Crippen LogP contribution in [0.25, 0.3) is 0 Å². The van der Waals surface area contributed by atoms with E-state index in [4.69, 9.17) is 4.55 Å². The van der Waals surface area contributed by atoms with E-state index < -0.39 is 10.3 Å². The van der Waals surface area contributed by atoms with Gasteiger partial charge in [0.1, 0.15) is 0 Å². The lowest BCUT2D eigenvalue weighted by atomic mass is 10.4. The molecular formula is C7H11N3O3S. The highest BCUT2D eigenvalue weighted by molar-refractivity contribution is 7.87. The fourth-order valence-electron chi connectivity index (χ4n) is 1.24. The SMILES string of the molecule is O=S(=O)(O)Nc1cn(CC2CC2)cn1. The average Bonchev–Trinajstić information content (AvgIpc) is 2.71. The van der Waals surface area contributed by atoms with E-state index in [1.807, 2.05) is 9.29 Å². The van der Waals surface area contributed by atoms with Crippen molar-refractivity contribution < 1.29 is 13.0 Å². The molecule has 1 fully saturated rings. The summed E-state index contributed by atoms with van der Waals surface area (Å²) in [4.78, 5) is 3.80. The highest BCUT2D eigenvalue weighted by atomic mass is 32.2. The summed E-state index contributed by atoms with van der Waals surface area (Å²) in [7, 11) is -4.20. The summed E-state index contributed by atoms with van der Waals surface area (Å²) < 4.78 is 33.1. The van der Waals surface area contributed by atoms with Crippen LogP contribution < -0.4 is 4.72 Å². The summed E-state index contributed by atoms with van der Waals surface area (Å²) in [6, 6.07) is 0. The number of nitrogens with one attached hydrogen (secondary N) is 1. The van der Waals surface area contributed by atoms with Gasteiger partial charge in [0.25, 0.3) is 0 Å². The molecule has 14 heavy (non-hydrogen) atoms. The summed E-state index contributed by atoms with van der Waals surface area (Å²) in [6.07, 6.45) is 5.55. The molecule has 1 saturated carbocycles. The van der Waals surface area contributed by atoms with Gasteiger partial charge in [0, 0.05) is 12.7 Å². The molecule has 0 amide bonds. The lowest BCUT2D eigenvalue weighted by Crippen LogP contribution is -2.10. The predicted octanol–water partition coefficient (Wildman–Crippen LogP) is 0.508. The largest absolute Gasteiger partial charge is 0.358 e. The molecule has 0 spiro atoms. The average molecular weight is 217 g/mol. The first-order valence-corrected chi connectivity index (χ1v) is 5.74. The van der Waals surface area contributed by atoms with Crippen LogP contribution in [0.15, 0.2) is 12.5 Å². The molecule has 1 aromatic heterocycles. The third-order valence-electron chi connectivity index (χ3n) is 2.03. The van der Waals surface area contributed by atoms with Crippen molar-refractivity contribution in [2.45, 2.75) is 19.4 Å². The zero-order chi connectivity index (χ0) is 10.2. The van der Waals surface area contributed by atoms with Gasteiger partial charge in [-0.25, -0.2) is 9.71 Å². The molecule has 2 rings (SSSR count). The number of hydrogen-bond acceptors (Lipinski definition) is 3. The minimum absolute atomic E-state index is 0.146. The van der Waals surface area contributed by atoms with Gasteiger partial charge >= 0.3 is 10.3 Å². The van der Waals surface area contributed by atoms with Crippen molar-refractivity contribution in [1.29, 1.82) is 0 Å². The van der Waals surface area contributed by atoms with Gasteiger partial charge < -0.3 is 4.57 Å². The Labute approximate surface area is 81.8 Å². The van der Waals surface area contributed by atoms with Crippen LogP contribution in [0.1, 0.15) is 12.8 Å². The third-order valence-corrected chi connectivity index (χ3v) is 2.50. The zero-order valence-electron chi connectivity index (χ0n) is 7.42. The van der Waals surface area contributed by atoms with E-state index in [2.05, 4.69) is 4.98 Å². The maximum absolute atomic E-state index is 10.4. The van der Waals surface area contributed by atoms with Gasteiger partial charge in [0.2, 0.25) is 0 Å². The second kappa shape index (κ2) is 3.25. The molecule has 1 aliphatic rings. The van der Waals surface area contributed by atoms with Crippen molar-refractivity contribution in [1.82, 2.24) is 9.55 Å². The smallest absolute Gasteiger partial charge is 0.335 e. The van der Waals surface area contributed by atoms with E-state index in [0.717, 1.165) is 6.54 Å². The summed E-state index contributed by atoms with van der Waals surface area (Å²) in [5, 5.41) is 0. The molecular weight excluding hydrogens is 206 g/mol. The van der Waals surface area contributed by atoms with Gasteiger partial charge in [0.15, 0.2) is 5.82 Å². The van der Waals surface area contributed by atoms with Crippen LogP contribution in [0.3, 0.4) is 0 Å². The topological polar surface area (TPSA) is 84.2 Å². The van der Waals surface area contributed by atoms with Crippen LogP contribution in [0.5, 0.6) is 0 Å². The lowest BCUT2D eigenvalue weighted by molar-refractivity contribution is 0.489. The molecule has 1 aromatic rings. The summed E-state index contributed by atoms with van der Waals surface area (Å²) in [5.74, 6) is 0.843. The zero-order valence-corrected chi connectivity index (χ0v) is 8.24. The monoisotopic (exact) mass is 217 g/mol. The Bertz CT molecular complexity index is 421. The first-order valence-electron chi connectivity index (χ1n) is 4.30. The van der Waals surface area contributed by atoms with Crippen molar-refractivity contribution in [3.63, 3.8) is 0 Å². The molecule has 0 atom stereocenters. The van der Waals surface area contributed by atoms with Crippen LogP contribution in [-0.2, 0) is 16.8 Å². The van der Waals surface area contributed by atoms with Gasteiger partial charge in [-0.2, -0.15) is 8.42 Å². The normalized spacial score (nSPS) is 16.9. The predicted molar refractivity (Wildman–Crippen MR) is 50.1 cm³/mol. The molecule has 6 nitrogen and oxygen atoms in total. The number of anilines is 1. The summed E-state index contributed by atoms with van der Waals surface area (Å²) in [6.45, 7) is 0.861. The van der Waals surface area contributed by atoms with Crippen molar-refractivity contribution in [3.05, 3.63) is 12.5 Å². The Hall–Kier alpha value is -1.08. The molecule has 0 aliphatic heterocycles. The number of rotatable bonds is 4. The molecule has 0 saturated heterocycles. The van der Waals surface area contributed by atoms with Gasteiger partial charge in [-0.3, -0.25) is 4.55 Å². The van der Waals surface area contributed by atoms with Crippen molar-refractivity contribution in [2.24, 2.45) is 5.92 Å². The van der Waals surface area contributed by atoms with Crippen molar-refractivity contribution in [2.75, 3.05) is 4.72 Å². The van der Waals surface area contributed by atoms with E-state index in [0.29, 0.717) is 5.92 Å². The molecule has 0 aromatic carbocycles. The van der Waals surface area contributed by atoms with Crippen LogP contribution in [-0.4, -0.2) is 22.5 Å². The minimum atomic E-state index is -4.20. The Balaban J connectivity index is 2.01. The quantitative estimate of drug-likeness (QED) is 0.719. The Morgan fingerprint density at radius 2 is 2.36 bits per heavy atom. The van der Waals surface area contributed by atoms with E-state index in [9.17, 15) is 8.42 Å². The van der Waals surface area contributed by atoms with Crippen molar-refractivity contribution in [3.8, 4) is 0 Å². The fraction of sp³-hybridized carbons (Fsp3) is 0.571. The second-order valence-corrected chi connectivity index (χ2v) is 4.63. The van der Waals surface area contributed by atoms with Gasteiger partial charge in [-0.05, 0) is 18.8 Å². The molecule has 78 valence electrons. The number of imidazole rings is 1. The minimum Gasteiger partial charge on any atom is -0.335 e. The van der Waals surface area contributed by atoms with Gasteiger partial charge in [-0.1, -0.05) is 0 Å². The van der Waals surface area contributed by atoms with E-state index in [1.54, 1.807) is 12.5 Å². The Morgan fingerprint density at radius 3 is 2.93 bits per heavy atom. The fourth-order valence-corrected chi connectivity index (χ4v) is 1.61. The Kier molecular flexibility index (Phi) is 2.20. The molecule has 1 heterocycles. The second-order valence-electron chi connectivity index (χ2n) is 3.48. The Morgan fingerprint density at radius 1 is 1.64 bits per heavy atom. The standard InChI is InChI=1S/C7H11N3O3S/c11-14(12,13)9-7-4-10(5-8-7)3-6-1-2-6/h4-6,9H,1-3H2,(H,11,12,13). The van der Waals surface area contributed by atoms with Gasteiger partial charge in [-0.15, -0.1) is 0 Å². The first kappa shape index (κ1) is 9.47. The van der Waals surface area contributed by atoms with Crippen LogP contribution in [0.2, 0.25) is 0 Å². The molecule has 1 aliphatic carbocycles. The number of nitrogens with zero attached hydrogens (tertiary/aromatic N) is 2. The molecule has 0 radical (unpaired) electrons. The highest BCUT2D eigenvalue weighted by Crippen LogP contribution is 2.30.